The van der Waals surface area contributed by atoms with Gasteiger partial charge in [0, 0.05) is 5.56 Å². The van der Waals surface area contributed by atoms with Crippen LogP contribution in [-0.2, 0) is 6.67 Å². The van der Waals surface area contributed by atoms with Crippen LogP contribution in [0.4, 0.5) is 13.2 Å². The van der Waals surface area contributed by atoms with Crippen LogP contribution in [0, 0.1) is 18.6 Å². The number of hydrogen-bond donors (Lipinski definition) is 0. The van der Waals surface area contributed by atoms with E-state index < -0.39 is 18.3 Å². The third-order valence-corrected chi connectivity index (χ3v) is 1.47. The molecule has 0 aliphatic rings. The smallest absolute Gasteiger partial charge is 0.129 e. The Morgan fingerprint density at radius 2 is 1.82 bits per heavy atom. The minimum atomic E-state index is -0.969. The normalized spacial score (nSPS) is 10.2. The van der Waals surface area contributed by atoms with Crippen LogP contribution >= 0.6 is 0 Å². The number of alkyl halides is 1. The first-order valence-electron chi connectivity index (χ1n) is 3.15. The molecule has 60 valence electrons. The van der Waals surface area contributed by atoms with Crippen molar-refractivity contribution >= 4 is 0 Å². The molecule has 3 heteroatoms. The molecule has 0 unspecified atom stereocenters. The lowest BCUT2D eigenvalue weighted by molar-refractivity contribution is 0.459. The number of aryl methyl sites for hydroxylation is 1. The quantitative estimate of drug-likeness (QED) is 0.592. The second-order valence-corrected chi connectivity index (χ2v) is 2.33. The van der Waals surface area contributed by atoms with Crippen molar-refractivity contribution in [3.05, 3.63) is 34.9 Å². The van der Waals surface area contributed by atoms with Gasteiger partial charge in [0.25, 0.3) is 0 Å². The minimum absolute atomic E-state index is 0.194. The van der Waals surface area contributed by atoms with Crippen LogP contribution in [0.2, 0.25) is 0 Å². The van der Waals surface area contributed by atoms with Crippen molar-refractivity contribution in [2.75, 3.05) is 0 Å². The lowest BCUT2D eigenvalue weighted by atomic mass is 10.1. The molecule has 0 saturated carbocycles. The van der Waals surface area contributed by atoms with E-state index >= 15 is 0 Å². The zero-order valence-corrected chi connectivity index (χ0v) is 6.00. The summed E-state index contributed by atoms with van der Waals surface area (Å²) in [7, 11) is 0. The molecule has 0 N–H and O–H groups in total. The molecule has 0 fully saturated rings. The van der Waals surface area contributed by atoms with E-state index in [0.29, 0.717) is 0 Å². The first-order chi connectivity index (χ1) is 5.15. The standard InChI is InChI=1S/C8H7F3/c1-5-2-8(11)6(4-9)3-7(5)10/h2-3H,4H2,1H3. The average molecular weight is 160 g/mol. The Hall–Kier alpha value is -0.990. The number of rotatable bonds is 1. The third kappa shape index (κ3) is 1.53. The largest absolute Gasteiger partial charge is 0.246 e. The van der Waals surface area contributed by atoms with Crippen molar-refractivity contribution in [3.8, 4) is 0 Å². The van der Waals surface area contributed by atoms with Gasteiger partial charge in [0.15, 0.2) is 0 Å². The Morgan fingerprint density at radius 1 is 1.18 bits per heavy atom. The van der Waals surface area contributed by atoms with E-state index in [0.717, 1.165) is 12.1 Å². The lowest BCUT2D eigenvalue weighted by Gasteiger charge is -2.00. The van der Waals surface area contributed by atoms with E-state index in [1.54, 1.807) is 0 Å². The molecule has 1 rings (SSSR count). The highest BCUT2D eigenvalue weighted by Gasteiger charge is 2.05. The Balaban J connectivity index is 3.21. The second-order valence-electron chi connectivity index (χ2n) is 2.33. The van der Waals surface area contributed by atoms with Gasteiger partial charge in [-0.15, -0.1) is 0 Å². The van der Waals surface area contributed by atoms with Crippen molar-refractivity contribution in [1.82, 2.24) is 0 Å². The summed E-state index contributed by atoms with van der Waals surface area (Å²) in [5.41, 5.74) is -0.0344. The first kappa shape index (κ1) is 8.11. The van der Waals surface area contributed by atoms with E-state index in [1.807, 2.05) is 0 Å². The Bertz CT molecular complexity index is 268. The minimum Gasteiger partial charge on any atom is -0.246 e. The van der Waals surface area contributed by atoms with Gasteiger partial charge in [-0.3, -0.25) is 0 Å². The molecular weight excluding hydrogens is 153 g/mol. The Labute approximate surface area is 62.7 Å². The summed E-state index contributed by atoms with van der Waals surface area (Å²) in [6, 6.07) is 1.87. The first-order valence-corrected chi connectivity index (χ1v) is 3.15. The van der Waals surface area contributed by atoms with Crippen LogP contribution in [0.25, 0.3) is 0 Å². The van der Waals surface area contributed by atoms with Crippen LogP contribution in [0.1, 0.15) is 11.1 Å². The van der Waals surface area contributed by atoms with Crippen LogP contribution < -0.4 is 0 Å². The Kier molecular flexibility index (Phi) is 2.17. The van der Waals surface area contributed by atoms with Crippen molar-refractivity contribution in [1.29, 1.82) is 0 Å². The molecule has 0 radical (unpaired) electrons. The van der Waals surface area contributed by atoms with Gasteiger partial charge in [-0.1, -0.05) is 0 Å². The molecule has 0 bridgehead atoms. The molecule has 0 aromatic heterocycles. The third-order valence-electron chi connectivity index (χ3n) is 1.47. The maximum atomic E-state index is 12.6. The maximum absolute atomic E-state index is 12.6. The fourth-order valence-corrected chi connectivity index (χ4v) is 0.790. The van der Waals surface area contributed by atoms with Gasteiger partial charge in [-0.05, 0) is 24.6 Å². The van der Waals surface area contributed by atoms with Crippen molar-refractivity contribution in [2.24, 2.45) is 0 Å². The van der Waals surface area contributed by atoms with Gasteiger partial charge in [-0.25, -0.2) is 13.2 Å². The summed E-state index contributed by atoms with van der Waals surface area (Å²) in [6.45, 7) is 0.462. The second kappa shape index (κ2) is 2.95. The molecule has 0 aliphatic heterocycles. The zero-order valence-electron chi connectivity index (χ0n) is 6.00. The van der Waals surface area contributed by atoms with E-state index in [1.165, 1.54) is 6.92 Å². The fraction of sp³-hybridized carbons (Fsp3) is 0.250. The summed E-state index contributed by atoms with van der Waals surface area (Å²) in [4.78, 5) is 0. The maximum Gasteiger partial charge on any atom is 0.129 e. The average Bonchev–Trinajstić information content (AvgIpc) is 1.97. The van der Waals surface area contributed by atoms with E-state index in [2.05, 4.69) is 0 Å². The summed E-state index contributed by atoms with van der Waals surface area (Å²) >= 11 is 0. The molecule has 1 aromatic rings. The lowest BCUT2D eigenvalue weighted by Crippen LogP contribution is -1.91. The predicted molar refractivity (Wildman–Crippen MR) is 35.9 cm³/mol. The SMILES string of the molecule is Cc1cc(F)c(CF)cc1F. The summed E-state index contributed by atoms with van der Waals surface area (Å²) in [6.07, 6.45) is 0. The van der Waals surface area contributed by atoms with Gasteiger partial charge in [0.2, 0.25) is 0 Å². The van der Waals surface area contributed by atoms with E-state index in [4.69, 9.17) is 0 Å². The van der Waals surface area contributed by atoms with Gasteiger partial charge in [0.1, 0.15) is 18.3 Å². The topological polar surface area (TPSA) is 0 Å². The molecule has 11 heavy (non-hydrogen) atoms. The predicted octanol–water partition coefficient (Wildman–Crippen LogP) is 2.74. The van der Waals surface area contributed by atoms with Crippen molar-refractivity contribution in [2.45, 2.75) is 13.6 Å². The molecular formula is C8H7F3. The van der Waals surface area contributed by atoms with Crippen LogP contribution in [0.5, 0.6) is 0 Å². The number of halogens is 3. The van der Waals surface area contributed by atoms with Gasteiger partial charge >= 0.3 is 0 Å². The van der Waals surface area contributed by atoms with Crippen LogP contribution in [0.3, 0.4) is 0 Å². The molecule has 1 aromatic carbocycles. The Morgan fingerprint density at radius 3 is 2.36 bits per heavy atom. The molecule has 0 saturated heterocycles. The van der Waals surface area contributed by atoms with Crippen LogP contribution in [-0.4, -0.2) is 0 Å². The fourth-order valence-electron chi connectivity index (χ4n) is 0.790. The highest BCUT2D eigenvalue weighted by molar-refractivity contribution is 5.24. The van der Waals surface area contributed by atoms with Crippen molar-refractivity contribution in [3.63, 3.8) is 0 Å². The number of hydrogen-bond acceptors (Lipinski definition) is 0. The van der Waals surface area contributed by atoms with E-state index in [9.17, 15) is 13.2 Å². The highest BCUT2D eigenvalue weighted by atomic mass is 19.1. The van der Waals surface area contributed by atoms with Crippen LogP contribution in [0.15, 0.2) is 12.1 Å². The molecule has 0 heterocycles. The van der Waals surface area contributed by atoms with Gasteiger partial charge in [-0.2, -0.15) is 0 Å². The summed E-state index contributed by atoms with van der Waals surface area (Å²) in [5, 5.41) is 0. The number of benzene rings is 1. The molecule has 0 atom stereocenters. The highest BCUT2D eigenvalue weighted by Crippen LogP contribution is 2.14. The summed E-state index contributed by atoms with van der Waals surface area (Å²) < 4.78 is 37.1. The summed E-state index contributed by atoms with van der Waals surface area (Å²) in [5.74, 6) is -1.26. The molecule has 0 amide bonds. The molecule has 0 spiro atoms. The van der Waals surface area contributed by atoms with Gasteiger partial charge < -0.3 is 0 Å². The molecule has 0 nitrogen and oxygen atoms in total. The monoisotopic (exact) mass is 160 g/mol. The van der Waals surface area contributed by atoms with Crippen molar-refractivity contribution < 1.29 is 13.2 Å². The molecule has 0 aliphatic carbocycles. The van der Waals surface area contributed by atoms with E-state index in [-0.39, 0.29) is 11.1 Å². The van der Waals surface area contributed by atoms with Gasteiger partial charge in [0.05, 0.1) is 0 Å². The zero-order chi connectivity index (χ0) is 8.43.